The maximum Gasteiger partial charge on any atom is 0.317 e. The van der Waals surface area contributed by atoms with Crippen molar-refractivity contribution < 1.29 is 28.2 Å². The summed E-state index contributed by atoms with van der Waals surface area (Å²) in [6, 6.07) is 10.8. The fourth-order valence-corrected chi connectivity index (χ4v) is 3.87. The van der Waals surface area contributed by atoms with E-state index in [0.717, 1.165) is 5.56 Å². The van der Waals surface area contributed by atoms with E-state index in [1.165, 1.54) is 37.3 Å². The van der Waals surface area contributed by atoms with Crippen LogP contribution in [-0.2, 0) is 9.53 Å². The number of benzene rings is 2. The number of carbonyl (C=O) groups excluding carboxylic acids is 2. The standard InChI is InChI=1S/C25H31FN4O5/c1-5-27-25(32)29(12-13-33-2)16-24(31)30-21(17-10-11-22(34-3)23(14-17)35-4)15-20(28-30)18-8-6-7-9-19(18)26/h6-11,14,21H,5,12-13,15-16H2,1-4H3,(H,27,32)/t21-/m1/s1. The molecule has 0 fully saturated rings. The van der Waals surface area contributed by atoms with Gasteiger partial charge in [-0.25, -0.2) is 14.2 Å². The summed E-state index contributed by atoms with van der Waals surface area (Å²) in [5.41, 5.74) is 1.51. The second-order valence-electron chi connectivity index (χ2n) is 7.85. The van der Waals surface area contributed by atoms with Gasteiger partial charge < -0.3 is 24.4 Å². The van der Waals surface area contributed by atoms with E-state index in [-0.39, 0.29) is 25.7 Å². The highest BCUT2D eigenvalue weighted by Crippen LogP contribution is 2.37. The van der Waals surface area contributed by atoms with Gasteiger partial charge in [-0.2, -0.15) is 5.10 Å². The molecule has 3 rings (SSSR count). The zero-order valence-corrected chi connectivity index (χ0v) is 20.4. The van der Waals surface area contributed by atoms with Gasteiger partial charge in [0.25, 0.3) is 5.91 Å². The number of amides is 3. The molecule has 1 heterocycles. The molecule has 3 amide bonds. The Morgan fingerprint density at radius 2 is 1.89 bits per heavy atom. The lowest BCUT2D eigenvalue weighted by Crippen LogP contribution is -2.47. The van der Waals surface area contributed by atoms with Crippen molar-refractivity contribution in [2.45, 2.75) is 19.4 Å². The highest BCUT2D eigenvalue weighted by atomic mass is 19.1. The molecule has 2 aromatic rings. The third-order valence-electron chi connectivity index (χ3n) is 5.65. The molecular weight excluding hydrogens is 455 g/mol. The number of carbonyl (C=O) groups is 2. The van der Waals surface area contributed by atoms with Crippen LogP contribution in [0, 0.1) is 5.82 Å². The summed E-state index contributed by atoms with van der Waals surface area (Å²) >= 11 is 0. The number of hydrogen-bond donors (Lipinski definition) is 1. The molecule has 0 saturated heterocycles. The molecule has 0 bridgehead atoms. The number of urea groups is 1. The van der Waals surface area contributed by atoms with Crippen molar-refractivity contribution in [1.29, 1.82) is 0 Å². The van der Waals surface area contributed by atoms with Crippen molar-refractivity contribution >= 4 is 17.6 Å². The van der Waals surface area contributed by atoms with Crippen LogP contribution in [-0.4, -0.2) is 75.1 Å². The molecule has 10 heteroatoms. The summed E-state index contributed by atoms with van der Waals surface area (Å²) in [6.45, 7) is 2.50. The summed E-state index contributed by atoms with van der Waals surface area (Å²) < 4.78 is 30.4. The maximum absolute atomic E-state index is 14.6. The third-order valence-corrected chi connectivity index (χ3v) is 5.65. The van der Waals surface area contributed by atoms with Crippen LogP contribution in [0.3, 0.4) is 0 Å². The van der Waals surface area contributed by atoms with Crippen LogP contribution < -0.4 is 14.8 Å². The van der Waals surface area contributed by atoms with Crippen LogP contribution in [0.25, 0.3) is 0 Å². The van der Waals surface area contributed by atoms with Crippen molar-refractivity contribution in [2.24, 2.45) is 5.10 Å². The third kappa shape index (κ3) is 6.07. The lowest BCUT2D eigenvalue weighted by molar-refractivity contribution is -0.133. The van der Waals surface area contributed by atoms with Gasteiger partial charge in [-0.1, -0.05) is 24.3 Å². The number of nitrogens with one attached hydrogen (secondary N) is 1. The quantitative estimate of drug-likeness (QED) is 0.557. The van der Waals surface area contributed by atoms with Crippen LogP contribution in [0.15, 0.2) is 47.6 Å². The van der Waals surface area contributed by atoms with Crippen LogP contribution in [0.1, 0.15) is 30.5 Å². The first-order valence-corrected chi connectivity index (χ1v) is 11.3. The maximum atomic E-state index is 14.6. The molecule has 2 aromatic carbocycles. The molecule has 1 atom stereocenters. The summed E-state index contributed by atoms with van der Waals surface area (Å²) in [7, 11) is 4.59. The molecule has 9 nitrogen and oxygen atoms in total. The van der Waals surface area contributed by atoms with Crippen molar-refractivity contribution in [1.82, 2.24) is 15.2 Å². The van der Waals surface area contributed by atoms with Gasteiger partial charge in [0.15, 0.2) is 11.5 Å². The SMILES string of the molecule is CCNC(=O)N(CCOC)CC(=O)N1N=C(c2ccccc2F)C[C@@H]1c1ccc(OC)c(OC)c1. The normalized spacial score (nSPS) is 14.9. The van der Waals surface area contributed by atoms with Gasteiger partial charge in [0, 0.05) is 32.2 Å². The number of rotatable bonds is 10. The first kappa shape index (κ1) is 26.0. The molecule has 1 aliphatic rings. The predicted molar refractivity (Wildman–Crippen MR) is 129 cm³/mol. The molecular formula is C25H31FN4O5. The second kappa shape index (κ2) is 12.2. The monoisotopic (exact) mass is 486 g/mol. The summed E-state index contributed by atoms with van der Waals surface area (Å²) in [5.74, 6) is 0.222. The Hall–Kier alpha value is -3.66. The van der Waals surface area contributed by atoms with E-state index in [0.29, 0.717) is 35.7 Å². The minimum absolute atomic E-state index is 0.215. The van der Waals surface area contributed by atoms with E-state index >= 15 is 0 Å². The van der Waals surface area contributed by atoms with Gasteiger partial charge in [-0.3, -0.25) is 4.79 Å². The number of hydrogen-bond acceptors (Lipinski definition) is 6. The first-order chi connectivity index (χ1) is 16.9. The molecule has 0 aliphatic carbocycles. The number of ether oxygens (including phenoxy) is 3. The molecule has 1 aliphatic heterocycles. The fourth-order valence-electron chi connectivity index (χ4n) is 3.87. The van der Waals surface area contributed by atoms with Crippen molar-refractivity contribution in [3.8, 4) is 11.5 Å². The van der Waals surface area contributed by atoms with Gasteiger partial charge in [-0.15, -0.1) is 0 Å². The van der Waals surface area contributed by atoms with Crippen molar-refractivity contribution in [2.75, 3.05) is 47.6 Å². The van der Waals surface area contributed by atoms with E-state index in [1.54, 1.807) is 37.3 Å². The highest BCUT2D eigenvalue weighted by molar-refractivity contribution is 6.03. The average molecular weight is 487 g/mol. The Morgan fingerprint density at radius 3 is 2.54 bits per heavy atom. The molecule has 0 radical (unpaired) electrons. The average Bonchev–Trinajstić information content (AvgIpc) is 3.31. The largest absolute Gasteiger partial charge is 0.493 e. The van der Waals surface area contributed by atoms with E-state index in [1.807, 2.05) is 6.07 Å². The number of halogens is 1. The molecule has 35 heavy (non-hydrogen) atoms. The lowest BCUT2D eigenvalue weighted by atomic mass is 9.97. The molecule has 0 aromatic heterocycles. The van der Waals surface area contributed by atoms with Gasteiger partial charge in [0.2, 0.25) is 0 Å². The summed E-state index contributed by atoms with van der Waals surface area (Å²) in [5, 5.41) is 8.54. The Bertz CT molecular complexity index is 1080. The number of hydrazone groups is 1. The van der Waals surface area contributed by atoms with Gasteiger partial charge in [0.05, 0.1) is 32.6 Å². The minimum atomic E-state index is -0.518. The molecule has 0 spiro atoms. The topological polar surface area (TPSA) is 92.7 Å². The Morgan fingerprint density at radius 1 is 1.14 bits per heavy atom. The van der Waals surface area contributed by atoms with Gasteiger partial charge in [-0.05, 0) is 30.7 Å². The zero-order valence-electron chi connectivity index (χ0n) is 20.4. The Balaban J connectivity index is 1.96. The van der Waals surface area contributed by atoms with Crippen molar-refractivity contribution in [3.63, 3.8) is 0 Å². The van der Waals surface area contributed by atoms with E-state index in [4.69, 9.17) is 14.2 Å². The lowest BCUT2D eigenvalue weighted by Gasteiger charge is -2.27. The van der Waals surface area contributed by atoms with Crippen LogP contribution in [0.2, 0.25) is 0 Å². The summed E-state index contributed by atoms with van der Waals surface area (Å²) in [6.07, 6.45) is 0.293. The second-order valence-corrected chi connectivity index (χ2v) is 7.85. The smallest absolute Gasteiger partial charge is 0.317 e. The van der Waals surface area contributed by atoms with Gasteiger partial charge in [0.1, 0.15) is 12.4 Å². The zero-order chi connectivity index (χ0) is 25.4. The van der Waals surface area contributed by atoms with Crippen LogP contribution >= 0.6 is 0 Å². The first-order valence-electron chi connectivity index (χ1n) is 11.3. The summed E-state index contributed by atoms with van der Waals surface area (Å²) in [4.78, 5) is 27.3. The Labute approximate surface area is 204 Å². The number of nitrogens with zero attached hydrogens (tertiary/aromatic N) is 3. The van der Waals surface area contributed by atoms with E-state index in [2.05, 4.69) is 10.4 Å². The van der Waals surface area contributed by atoms with Crippen molar-refractivity contribution in [3.05, 3.63) is 59.4 Å². The van der Waals surface area contributed by atoms with Crippen LogP contribution in [0.5, 0.6) is 11.5 Å². The van der Waals surface area contributed by atoms with E-state index in [9.17, 15) is 14.0 Å². The molecule has 0 saturated carbocycles. The van der Waals surface area contributed by atoms with Gasteiger partial charge >= 0.3 is 6.03 Å². The minimum Gasteiger partial charge on any atom is -0.493 e. The van der Waals surface area contributed by atoms with E-state index < -0.39 is 17.8 Å². The molecule has 1 N–H and O–H groups in total. The fraction of sp³-hybridized carbons (Fsp3) is 0.400. The number of methoxy groups -OCH3 is 3. The van der Waals surface area contributed by atoms with Crippen LogP contribution in [0.4, 0.5) is 9.18 Å². The molecule has 0 unspecified atom stereocenters. The predicted octanol–water partition coefficient (Wildman–Crippen LogP) is 3.20. The Kier molecular flexibility index (Phi) is 9.02. The highest BCUT2D eigenvalue weighted by Gasteiger charge is 2.35. The molecule has 188 valence electrons.